The second-order valence-corrected chi connectivity index (χ2v) is 5.78. The van der Waals surface area contributed by atoms with Gasteiger partial charge >= 0.3 is 0 Å². The van der Waals surface area contributed by atoms with Crippen LogP contribution in [-0.2, 0) is 6.54 Å². The van der Waals surface area contributed by atoms with Crippen molar-refractivity contribution in [2.45, 2.75) is 13.5 Å². The highest BCUT2D eigenvalue weighted by atomic mass is 35.5. The third-order valence-corrected chi connectivity index (χ3v) is 4.09. The smallest absolute Gasteiger partial charge is 0.152 e. The van der Waals surface area contributed by atoms with Crippen LogP contribution in [0.4, 0.5) is 5.69 Å². The van der Waals surface area contributed by atoms with Crippen LogP contribution in [0.25, 0.3) is 10.7 Å². The molecule has 0 saturated heterocycles. The van der Waals surface area contributed by atoms with E-state index in [9.17, 15) is 0 Å². The minimum Gasteiger partial charge on any atom is -0.377 e. The van der Waals surface area contributed by atoms with Crippen LogP contribution in [0.5, 0.6) is 0 Å². The molecule has 0 amide bonds. The average molecular weight is 317 g/mol. The third-order valence-electron chi connectivity index (χ3n) is 2.87. The van der Waals surface area contributed by atoms with E-state index in [1.54, 1.807) is 23.7 Å². The van der Waals surface area contributed by atoms with Crippen molar-refractivity contribution in [2.24, 2.45) is 0 Å². The lowest BCUT2D eigenvalue weighted by Crippen LogP contribution is -2.01. The minimum atomic E-state index is 0.473. The van der Waals surface area contributed by atoms with Crippen LogP contribution in [0.15, 0.2) is 42.0 Å². The molecule has 3 aromatic heterocycles. The monoisotopic (exact) mass is 316 g/mol. The van der Waals surface area contributed by atoms with Gasteiger partial charge in [-0.15, -0.1) is 11.3 Å². The molecule has 0 saturated carbocycles. The fraction of sp³-hybridized carbons (Fsp3) is 0.133. The van der Waals surface area contributed by atoms with Crippen molar-refractivity contribution in [3.63, 3.8) is 0 Å². The summed E-state index contributed by atoms with van der Waals surface area (Å²) in [5.74, 6) is 0. The van der Waals surface area contributed by atoms with E-state index >= 15 is 0 Å². The highest BCUT2D eigenvalue weighted by Gasteiger charge is 2.07. The SMILES string of the molecule is Cc1cnc(Cl)c(NCc2csc(-c3ccccn3)n2)c1. The lowest BCUT2D eigenvalue weighted by atomic mass is 10.3. The molecule has 0 atom stereocenters. The number of rotatable bonds is 4. The molecule has 4 nitrogen and oxygen atoms in total. The van der Waals surface area contributed by atoms with Crippen LogP contribution in [0.1, 0.15) is 11.3 Å². The molecule has 106 valence electrons. The van der Waals surface area contributed by atoms with Gasteiger partial charge in [0.2, 0.25) is 0 Å². The Morgan fingerprint density at radius 2 is 2.19 bits per heavy atom. The number of hydrogen-bond donors (Lipinski definition) is 1. The number of pyridine rings is 2. The zero-order valence-electron chi connectivity index (χ0n) is 11.4. The Morgan fingerprint density at radius 1 is 1.29 bits per heavy atom. The first-order chi connectivity index (χ1) is 10.2. The molecule has 0 bridgehead atoms. The number of nitrogens with one attached hydrogen (secondary N) is 1. The summed E-state index contributed by atoms with van der Waals surface area (Å²) in [6, 6.07) is 7.78. The zero-order valence-corrected chi connectivity index (χ0v) is 12.9. The predicted octanol–water partition coefficient (Wildman–Crippen LogP) is 4.17. The van der Waals surface area contributed by atoms with Crippen molar-refractivity contribution in [1.29, 1.82) is 0 Å². The first kappa shape index (κ1) is 14.0. The summed E-state index contributed by atoms with van der Waals surface area (Å²) in [4.78, 5) is 13.0. The molecule has 0 aromatic carbocycles. The van der Waals surface area contributed by atoms with Gasteiger partial charge in [-0.3, -0.25) is 4.98 Å². The lowest BCUT2D eigenvalue weighted by molar-refractivity contribution is 1.06. The van der Waals surface area contributed by atoms with Crippen LogP contribution in [0.3, 0.4) is 0 Å². The highest BCUT2D eigenvalue weighted by molar-refractivity contribution is 7.13. The molecule has 21 heavy (non-hydrogen) atoms. The molecule has 6 heteroatoms. The molecule has 3 aromatic rings. The van der Waals surface area contributed by atoms with Crippen LogP contribution in [0, 0.1) is 6.92 Å². The van der Waals surface area contributed by atoms with E-state index in [0.29, 0.717) is 11.7 Å². The fourth-order valence-corrected chi connectivity index (χ4v) is 2.82. The molecule has 0 aliphatic carbocycles. The molecule has 0 radical (unpaired) electrons. The summed E-state index contributed by atoms with van der Waals surface area (Å²) in [6.07, 6.45) is 3.52. The molecule has 0 aliphatic heterocycles. The van der Waals surface area contributed by atoms with Crippen molar-refractivity contribution in [3.8, 4) is 10.7 Å². The topological polar surface area (TPSA) is 50.7 Å². The Balaban J connectivity index is 1.72. The van der Waals surface area contributed by atoms with Gasteiger partial charge in [-0.05, 0) is 30.7 Å². The number of nitrogens with zero attached hydrogens (tertiary/aromatic N) is 3. The first-order valence-electron chi connectivity index (χ1n) is 6.44. The Bertz CT molecular complexity index is 742. The standard InChI is InChI=1S/C15H13ClN4S/c1-10-6-13(14(16)19-7-10)18-8-11-9-21-15(20-11)12-4-2-3-5-17-12/h2-7,9,18H,8H2,1H3. The Morgan fingerprint density at radius 3 is 3.00 bits per heavy atom. The Kier molecular flexibility index (Phi) is 4.13. The van der Waals surface area contributed by atoms with Gasteiger partial charge in [0.1, 0.15) is 5.01 Å². The summed E-state index contributed by atoms with van der Waals surface area (Å²) in [5.41, 5.74) is 3.74. The molecule has 0 fully saturated rings. The van der Waals surface area contributed by atoms with E-state index < -0.39 is 0 Å². The van der Waals surface area contributed by atoms with E-state index in [4.69, 9.17) is 11.6 Å². The number of hydrogen-bond acceptors (Lipinski definition) is 5. The van der Waals surface area contributed by atoms with Crippen molar-refractivity contribution in [3.05, 3.63) is 58.4 Å². The molecular formula is C15H13ClN4S. The van der Waals surface area contributed by atoms with Crippen LogP contribution >= 0.6 is 22.9 Å². The van der Waals surface area contributed by atoms with E-state index in [1.165, 1.54) is 0 Å². The van der Waals surface area contributed by atoms with Crippen molar-refractivity contribution < 1.29 is 0 Å². The maximum atomic E-state index is 6.06. The molecule has 0 unspecified atom stereocenters. The van der Waals surface area contributed by atoms with Gasteiger partial charge in [-0.25, -0.2) is 9.97 Å². The van der Waals surface area contributed by atoms with Crippen molar-refractivity contribution in [1.82, 2.24) is 15.0 Å². The van der Waals surface area contributed by atoms with Gasteiger partial charge in [-0.1, -0.05) is 17.7 Å². The maximum Gasteiger partial charge on any atom is 0.152 e. The number of anilines is 1. The molecule has 3 rings (SSSR count). The largest absolute Gasteiger partial charge is 0.377 e. The van der Waals surface area contributed by atoms with Crippen molar-refractivity contribution in [2.75, 3.05) is 5.32 Å². The van der Waals surface area contributed by atoms with Crippen molar-refractivity contribution >= 4 is 28.6 Å². The number of thiazole rings is 1. The molecular weight excluding hydrogens is 304 g/mol. The normalized spacial score (nSPS) is 10.6. The summed E-state index contributed by atoms with van der Waals surface area (Å²) < 4.78 is 0. The summed E-state index contributed by atoms with van der Waals surface area (Å²) in [7, 11) is 0. The zero-order chi connectivity index (χ0) is 14.7. The quantitative estimate of drug-likeness (QED) is 0.734. The lowest BCUT2D eigenvalue weighted by Gasteiger charge is -2.06. The minimum absolute atomic E-state index is 0.473. The van der Waals surface area contributed by atoms with Gasteiger partial charge in [0.15, 0.2) is 5.15 Å². The van der Waals surface area contributed by atoms with Gasteiger partial charge in [0.25, 0.3) is 0 Å². The summed E-state index contributed by atoms with van der Waals surface area (Å²) in [5, 5.41) is 6.68. The molecule has 1 N–H and O–H groups in total. The van der Waals surface area contributed by atoms with E-state index in [1.807, 2.05) is 36.6 Å². The third kappa shape index (κ3) is 3.37. The van der Waals surface area contributed by atoms with E-state index in [0.717, 1.165) is 27.6 Å². The Labute approximate surface area is 131 Å². The number of aryl methyl sites for hydroxylation is 1. The Hall–Kier alpha value is -1.98. The molecule has 0 spiro atoms. The van der Waals surface area contributed by atoms with Crippen LogP contribution < -0.4 is 5.32 Å². The van der Waals surface area contributed by atoms with E-state index in [-0.39, 0.29) is 0 Å². The summed E-state index contributed by atoms with van der Waals surface area (Å²) in [6.45, 7) is 2.59. The second-order valence-electron chi connectivity index (χ2n) is 4.56. The first-order valence-corrected chi connectivity index (χ1v) is 7.70. The van der Waals surface area contributed by atoms with Gasteiger partial charge in [-0.2, -0.15) is 0 Å². The van der Waals surface area contributed by atoms with Crippen LogP contribution in [-0.4, -0.2) is 15.0 Å². The summed E-state index contributed by atoms with van der Waals surface area (Å²) >= 11 is 7.65. The van der Waals surface area contributed by atoms with Gasteiger partial charge in [0, 0.05) is 17.8 Å². The molecule has 0 aliphatic rings. The fourth-order valence-electron chi connectivity index (χ4n) is 1.86. The average Bonchev–Trinajstić information content (AvgIpc) is 2.98. The van der Waals surface area contributed by atoms with Crippen LogP contribution in [0.2, 0.25) is 5.15 Å². The van der Waals surface area contributed by atoms with Gasteiger partial charge in [0.05, 0.1) is 23.6 Å². The second kappa shape index (κ2) is 6.20. The number of halogens is 1. The predicted molar refractivity (Wildman–Crippen MR) is 86.7 cm³/mol. The number of aromatic nitrogens is 3. The van der Waals surface area contributed by atoms with E-state index in [2.05, 4.69) is 20.3 Å². The van der Waals surface area contributed by atoms with Gasteiger partial charge < -0.3 is 5.32 Å². The molecule has 3 heterocycles. The maximum absolute atomic E-state index is 6.06. The highest BCUT2D eigenvalue weighted by Crippen LogP contribution is 2.23.